The number of benzene rings is 1. The lowest BCUT2D eigenvalue weighted by Gasteiger charge is -2.16. The van der Waals surface area contributed by atoms with Gasteiger partial charge in [0.05, 0.1) is 30.0 Å². The number of nitrogens with one attached hydrogen (secondary N) is 1. The van der Waals surface area contributed by atoms with E-state index in [1.165, 1.54) is 12.8 Å². The van der Waals surface area contributed by atoms with Crippen LogP contribution in [0.25, 0.3) is 0 Å². The van der Waals surface area contributed by atoms with Gasteiger partial charge in [-0.1, -0.05) is 6.07 Å². The predicted molar refractivity (Wildman–Crippen MR) is 91.4 cm³/mol. The van der Waals surface area contributed by atoms with Gasteiger partial charge in [-0.25, -0.2) is 13.4 Å². The molecule has 0 saturated carbocycles. The van der Waals surface area contributed by atoms with E-state index in [-0.39, 0.29) is 4.90 Å². The minimum Gasteiger partial charge on any atom is -0.372 e. The topological polar surface area (TPSA) is 71.5 Å². The maximum Gasteiger partial charge on any atom is 0.261 e. The van der Waals surface area contributed by atoms with E-state index in [0.717, 1.165) is 30.0 Å². The lowest BCUT2D eigenvalue weighted by Crippen LogP contribution is -2.19. The summed E-state index contributed by atoms with van der Waals surface area (Å²) in [5.74, 6) is 0.894. The molecule has 1 saturated heterocycles. The van der Waals surface area contributed by atoms with Crippen LogP contribution in [0, 0.1) is 0 Å². The molecule has 2 aliphatic rings. The Bertz CT molecular complexity index is 844. The maximum atomic E-state index is 12.6. The van der Waals surface area contributed by atoms with Crippen LogP contribution in [0.15, 0.2) is 41.4 Å². The molecule has 3 heterocycles. The first kappa shape index (κ1) is 15.4. The second-order valence-electron chi connectivity index (χ2n) is 6.13. The number of ether oxygens (including phenoxy) is 1. The lowest BCUT2D eigenvalue weighted by atomic mass is 10.1. The lowest BCUT2D eigenvalue weighted by molar-refractivity contribution is 0.134. The Kier molecular flexibility index (Phi) is 3.90. The van der Waals surface area contributed by atoms with Crippen LogP contribution < -0.4 is 9.62 Å². The van der Waals surface area contributed by atoms with Gasteiger partial charge in [0.25, 0.3) is 10.0 Å². The molecule has 2 aromatic rings. The molecule has 0 radical (unpaired) electrons. The van der Waals surface area contributed by atoms with Gasteiger partial charge in [0.1, 0.15) is 5.82 Å². The number of pyridine rings is 1. The molecule has 0 aliphatic carbocycles. The van der Waals surface area contributed by atoms with E-state index in [4.69, 9.17) is 4.74 Å². The Labute approximate surface area is 141 Å². The average Bonchev–Trinajstić information content (AvgIpc) is 3.26. The number of aromatic nitrogens is 1. The number of fused-ring (bicyclic) bond motifs is 1. The van der Waals surface area contributed by atoms with Crippen molar-refractivity contribution in [3.63, 3.8) is 0 Å². The molecular weight excluding hydrogens is 326 g/mol. The number of rotatable bonds is 4. The Morgan fingerprint density at radius 3 is 2.58 bits per heavy atom. The summed E-state index contributed by atoms with van der Waals surface area (Å²) in [6.07, 6.45) is 3.93. The van der Waals surface area contributed by atoms with Crippen LogP contribution in [0.5, 0.6) is 0 Å². The van der Waals surface area contributed by atoms with Gasteiger partial charge in [0.2, 0.25) is 0 Å². The Morgan fingerprint density at radius 1 is 1.04 bits per heavy atom. The van der Waals surface area contributed by atoms with E-state index in [1.807, 2.05) is 12.1 Å². The van der Waals surface area contributed by atoms with E-state index in [9.17, 15) is 8.42 Å². The molecule has 6 nitrogen and oxygen atoms in total. The second-order valence-corrected chi connectivity index (χ2v) is 7.81. The van der Waals surface area contributed by atoms with Gasteiger partial charge >= 0.3 is 0 Å². The van der Waals surface area contributed by atoms with E-state index in [2.05, 4.69) is 14.6 Å². The molecule has 2 aliphatic heterocycles. The van der Waals surface area contributed by atoms with Crippen LogP contribution >= 0.6 is 0 Å². The fourth-order valence-corrected chi connectivity index (χ4v) is 4.20. The number of hydrogen-bond donors (Lipinski definition) is 1. The molecule has 1 fully saturated rings. The first-order valence-electron chi connectivity index (χ1n) is 8.05. The van der Waals surface area contributed by atoms with Gasteiger partial charge in [-0.3, -0.25) is 4.72 Å². The maximum absolute atomic E-state index is 12.6. The average molecular weight is 345 g/mol. The van der Waals surface area contributed by atoms with E-state index in [1.54, 1.807) is 24.4 Å². The zero-order valence-corrected chi connectivity index (χ0v) is 14.1. The Hall–Kier alpha value is -2.12. The standard InChI is InChI=1S/C17H19N3O3S/c21-24(22,16-5-3-13-11-23-12-14(13)9-16)19-15-4-6-17(18-10-15)20-7-1-2-8-20/h3-6,9-10,19H,1-2,7-8,11-12H2. The van der Waals surface area contributed by atoms with Crippen molar-refractivity contribution >= 4 is 21.5 Å². The highest BCUT2D eigenvalue weighted by Crippen LogP contribution is 2.25. The highest BCUT2D eigenvalue weighted by molar-refractivity contribution is 7.92. The molecule has 0 spiro atoms. The van der Waals surface area contributed by atoms with Crippen LogP contribution in [0.4, 0.5) is 11.5 Å². The van der Waals surface area contributed by atoms with Crippen LogP contribution in [0.3, 0.4) is 0 Å². The molecule has 126 valence electrons. The highest BCUT2D eigenvalue weighted by atomic mass is 32.2. The summed E-state index contributed by atoms with van der Waals surface area (Å²) in [6.45, 7) is 3.03. The van der Waals surface area contributed by atoms with Crippen molar-refractivity contribution in [1.29, 1.82) is 0 Å². The minimum atomic E-state index is -3.63. The van der Waals surface area contributed by atoms with Gasteiger partial charge < -0.3 is 9.64 Å². The van der Waals surface area contributed by atoms with Gasteiger partial charge in [-0.2, -0.15) is 0 Å². The van der Waals surface area contributed by atoms with Gasteiger partial charge in [0.15, 0.2) is 0 Å². The van der Waals surface area contributed by atoms with Crippen molar-refractivity contribution in [3.05, 3.63) is 47.7 Å². The van der Waals surface area contributed by atoms with Crippen LogP contribution in [0.2, 0.25) is 0 Å². The van der Waals surface area contributed by atoms with Crippen molar-refractivity contribution in [2.45, 2.75) is 31.0 Å². The number of anilines is 2. The molecular formula is C17H19N3O3S. The summed E-state index contributed by atoms with van der Waals surface area (Å²) in [7, 11) is -3.63. The van der Waals surface area contributed by atoms with Gasteiger partial charge in [-0.05, 0) is 48.2 Å². The molecule has 0 atom stereocenters. The van der Waals surface area contributed by atoms with Crippen molar-refractivity contribution in [3.8, 4) is 0 Å². The summed E-state index contributed by atoms with van der Waals surface area (Å²) < 4.78 is 33.0. The fraction of sp³-hybridized carbons (Fsp3) is 0.353. The fourth-order valence-electron chi connectivity index (χ4n) is 3.11. The quantitative estimate of drug-likeness (QED) is 0.922. The molecule has 24 heavy (non-hydrogen) atoms. The predicted octanol–water partition coefficient (Wildman–Crippen LogP) is 2.51. The number of sulfonamides is 1. The van der Waals surface area contributed by atoms with Gasteiger partial charge in [0, 0.05) is 13.1 Å². The molecule has 0 unspecified atom stereocenters. The van der Waals surface area contributed by atoms with Crippen molar-refractivity contribution in [2.24, 2.45) is 0 Å². The van der Waals surface area contributed by atoms with Crippen molar-refractivity contribution < 1.29 is 13.2 Å². The van der Waals surface area contributed by atoms with Crippen molar-refractivity contribution in [2.75, 3.05) is 22.7 Å². The second kappa shape index (κ2) is 6.07. The SMILES string of the molecule is O=S(=O)(Nc1ccc(N2CCCC2)nc1)c1ccc2c(c1)COC2. The monoisotopic (exact) mass is 345 g/mol. The molecule has 4 rings (SSSR count). The largest absolute Gasteiger partial charge is 0.372 e. The molecule has 0 amide bonds. The van der Waals surface area contributed by atoms with Crippen LogP contribution in [-0.4, -0.2) is 26.5 Å². The molecule has 0 bridgehead atoms. The van der Waals surface area contributed by atoms with Crippen molar-refractivity contribution in [1.82, 2.24) is 4.98 Å². The van der Waals surface area contributed by atoms with Crippen LogP contribution in [0.1, 0.15) is 24.0 Å². The smallest absolute Gasteiger partial charge is 0.261 e. The zero-order valence-electron chi connectivity index (χ0n) is 13.2. The molecule has 1 aromatic heterocycles. The third-order valence-corrected chi connectivity index (χ3v) is 5.81. The molecule has 1 N–H and O–H groups in total. The summed E-state index contributed by atoms with van der Waals surface area (Å²) >= 11 is 0. The zero-order chi connectivity index (χ0) is 16.6. The Morgan fingerprint density at radius 2 is 1.83 bits per heavy atom. The summed E-state index contributed by atoms with van der Waals surface area (Å²) in [5, 5.41) is 0. The molecule has 1 aromatic carbocycles. The summed E-state index contributed by atoms with van der Waals surface area (Å²) in [4.78, 5) is 6.83. The third kappa shape index (κ3) is 2.97. The van der Waals surface area contributed by atoms with E-state index in [0.29, 0.717) is 18.9 Å². The Balaban J connectivity index is 1.53. The van der Waals surface area contributed by atoms with Gasteiger partial charge in [-0.15, -0.1) is 0 Å². The first-order chi connectivity index (χ1) is 11.6. The number of hydrogen-bond acceptors (Lipinski definition) is 5. The highest BCUT2D eigenvalue weighted by Gasteiger charge is 2.19. The normalized spacial score (nSPS) is 17.1. The van der Waals surface area contributed by atoms with Crippen LogP contribution in [-0.2, 0) is 28.0 Å². The minimum absolute atomic E-state index is 0.246. The summed E-state index contributed by atoms with van der Waals surface area (Å²) in [5.41, 5.74) is 2.45. The number of nitrogens with zero attached hydrogens (tertiary/aromatic N) is 2. The first-order valence-corrected chi connectivity index (χ1v) is 9.53. The third-order valence-electron chi connectivity index (χ3n) is 4.43. The van der Waals surface area contributed by atoms with E-state index < -0.39 is 10.0 Å². The molecule has 7 heteroatoms. The summed E-state index contributed by atoms with van der Waals surface area (Å²) in [6, 6.07) is 8.72. The van der Waals surface area contributed by atoms with E-state index >= 15 is 0 Å².